The van der Waals surface area contributed by atoms with Gasteiger partial charge in [-0.05, 0) is 36.6 Å². The van der Waals surface area contributed by atoms with Crippen molar-refractivity contribution in [3.63, 3.8) is 0 Å². The van der Waals surface area contributed by atoms with E-state index in [0.717, 1.165) is 30.0 Å². The molecule has 2 aromatic rings. The van der Waals surface area contributed by atoms with Gasteiger partial charge in [0.2, 0.25) is 0 Å². The van der Waals surface area contributed by atoms with Gasteiger partial charge < -0.3 is 5.32 Å². The summed E-state index contributed by atoms with van der Waals surface area (Å²) in [5.74, 6) is -0.455. The molecule has 2 amide bonds. The van der Waals surface area contributed by atoms with Gasteiger partial charge >= 0.3 is 0 Å². The van der Waals surface area contributed by atoms with E-state index in [0.29, 0.717) is 11.1 Å². The summed E-state index contributed by atoms with van der Waals surface area (Å²) in [5.41, 5.74) is 3.17. The Labute approximate surface area is 129 Å². The number of nitrogens with zero attached hydrogens (tertiary/aromatic N) is 1. The number of aryl methyl sites for hydroxylation is 1. The summed E-state index contributed by atoms with van der Waals surface area (Å²) in [6.07, 6.45) is 2.02. The van der Waals surface area contributed by atoms with Crippen LogP contribution in [0.15, 0.2) is 48.5 Å². The molecule has 0 radical (unpaired) electrons. The highest BCUT2D eigenvalue weighted by atomic mass is 16.2. The molecule has 0 fully saturated rings. The van der Waals surface area contributed by atoms with Gasteiger partial charge in [0.05, 0.1) is 11.1 Å². The van der Waals surface area contributed by atoms with E-state index in [9.17, 15) is 9.59 Å². The summed E-state index contributed by atoms with van der Waals surface area (Å²) in [6.45, 7) is 0.825. The number of fused-ring (bicyclic) bond motifs is 1. The number of amides is 2. The van der Waals surface area contributed by atoms with Gasteiger partial charge in [0.15, 0.2) is 0 Å². The summed E-state index contributed by atoms with van der Waals surface area (Å²) < 4.78 is 0. The quantitative estimate of drug-likeness (QED) is 0.681. The number of hydrogen-bond donors (Lipinski definition) is 1. The van der Waals surface area contributed by atoms with Crippen molar-refractivity contribution >= 4 is 17.5 Å². The maximum Gasteiger partial charge on any atom is 0.261 e. The standard InChI is InChI=1S/C18H18N2O2/c1-20-17(21)15-10-9-14(12-16(15)18(20)22)19-11-5-8-13-6-3-2-4-7-13/h2-4,6-7,9-10,12,19H,5,8,11H2,1H3. The van der Waals surface area contributed by atoms with Crippen LogP contribution in [0.5, 0.6) is 0 Å². The van der Waals surface area contributed by atoms with Crippen LogP contribution in [0.25, 0.3) is 0 Å². The van der Waals surface area contributed by atoms with Crippen LogP contribution in [0.4, 0.5) is 5.69 Å². The number of hydrogen-bond acceptors (Lipinski definition) is 3. The zero-order chi connectivity index (χ0) is 15.5. The zero-order valence-electron chi connectivity index (χ0n) is 12.5. The van der Waals surface area contributed by atoms with Gasteiger partial charge in [-0.25, -0.2) is 0 Å². The summed E-state index contributed by atoms with van der Waals surface area (Å²) in [5, 5.41) is 3.31. The number of benzene rings is 2. The van der Waals surface area contributed by atoms with Crippen LogP contribution in [-0.2, 0) is 6.42 Å². The molecule has 0 aromatic heterocycles. The van der Waals surface area contributed by atoms with E-state index in [1.54, 1.807) is 12.1 Å². The molecule has 0 spiro atoms. The number of rotatable bonds is 5. The highest BCUT2D eigenvalue weighted by Crippen LogP contribution is 2.24. The predicted octanol–water partition coefficient (Wildman–Crippen LogP) is 2.96. The van der Waals surface area contributed by atoms with Crippen molar-refractivity contribution in [1.29, 1.82) is 0 Å². The first-order valence-electron chi connectivity index (χ1n) is 7.41. The second kappa shape index (κ2) is 6.02. The van der Waals surface area contributed by atoms with Crippen molar-refractivity contribution < 1.29 is 9.59 Å². The Hall–Kier alpha value is -2.62. The van der Waals surface area contributed by atoms with Gasteiger partial charge in [0, 0.05) is 19.3 Å². The molecule has 1 aliphatic heterocycles. The molecule has 112 valence electrons. The summed E-state index contributed by atoms with van der Waals surface area (Å²) in [4.78, 5) is 24.9. The fourth-order valence-corrected chi connectivity index (χ4v) is 2.64. The molecular formula is C18H18N2O2. The Balaban J connectivity index is 1.58. The summed E-state index contributed by atoms with van der Waals surface area (Å²) >= 11 is 0. The third-order valence-electron chi connectivity index (χ3n) is 3.90. The average Bonchev–Trinajstić information content (AvgIpc) is 2.77. The largest absolute Gasteiger partial charge is 0.385 e. The molecule has 0 aliphatic carbocycles. The van der Waals surface area contributed by atoms with E-state index in [2.05, 4.69) is 17.4 Å². The minimum atomic E-state index is -0.229. The average molecular weight is 294 g/mol. The lowest BCUT2D eigenvalue weighted by Gasteiger charge is -2.07. The molecule has 3 rings (SSSR count). The van der Waals surface area contributed by atoms with Crippen LogP contribution < -0.4 is 5.32 Å². The van der Waals surface area contributed by atoms with Gasteiger partial charge in [0.25, 0.3) is 11.8 Å². The second-order valence-electron chi connectivity index (χ2n) is 5.45. The maximum atomic E-state index is 12.0. The molecule has 1 heterocycles. The molecule has 1 aliphatic rings. The lowest BCUT2D eigenvalue weighted by atomic mass is 10.1. The molecule has 0 bridgehead atoms. The van der Waals surface area contributed by atoms with Crippen LogP contribution in [0.3, 0.4) is 0 Å². The van der Waals surface area contributed by atoms with Crippen molar-refractivity contribution in [2.75, 3.05) is 18.9 Å². The van der Waals surface area contributed by atoms with Gasteiger partial charge in [0.1, 0.15) is 0 Å². The Morgan fingerprint density at radius 2 is 1.68 bits per heavy atom. The van der Waals surface area contributed by atoms with Crippen LogP contribution in [0, 0.1) is 0 Å². The third-order valence-corrected chi connectivity index (χ3v) is 3.90. The Kier molecular flexibility index (Phi) is 3.92. The van der Waals surface area contributed by atoms with E-state index in [1.165, 1.54) is 12.6 Å². The molecule has 1 N–H and O–H groups in total. The Bertz CT molecular complexity index is 710. The van der Waals surface area contributed by atoms with Crippen molar-refractivity contribution in [3.05, 3.63) is 65.2 Å². The fourth-order valence-electron chi connectivity index (χ4n) is 2.64. The highest BCUT2D eigenvalue weighted by molar-refractivity contribution is 6.21. The second-order valence-corrected chi connectivity index (χ2v) is 5.45. The molecule has 22 heavy (non-hydrogen) atoms. The third kappa shape index (κ3) is 2.72. The topological polar surface area (TPSA) is 49.4 Å². The number of carbonyl (C=O) groups excluding carboxylic acids is 2. The SMILES string of the molecule is CN1C(=O)c2ccc(NCCCc3ccccc3)cc2C1=O. The predicted molar refractivity (Wildman–Crippen MR) is 86.1 cm³/mol. The normalized spacial score (nSPS) is 13.4. The van der Waals surface area contributed by atoms with Crippen molar-refractivity contribution in [1.82, 2.24) is 4.90 Å². The number of imide groups is 1. The van der Waals surface area contributed by atoms with Crippen molar-refractivity contribution in [2.45, 2.75) is 12.8 Å². The summed E-state index contributed by atoms with van der Waals surface area (Å²) in [7, 11) is 1.51. The van der Waals surface area contributed by atoms with E-state index in [1.807, 2.05) is 24.3 Å². The smallest absolute Gasteiger partial charge is 0.261 e. The number of carbonyl (C=O) groups is 2. The lowest BCUT2D eigenvalue weighted by molar-refractivity contribution is 0.0693. The van der Waals surface area contributed by atoms with Gasteiger partial charge in [-0.1, -0.05) is 30.3 Å². The zero-order valence-corrected chi connectivity index (χ0v) is 12.5. The van der Waals surface area contributed by atoms with Gasteiger partial charge in [-0.3, -0.25) is 14.5 Å². The Morgan fingerprint density at radius 3 is 2.45 bits per heavy atom. The minimum absolute atomic E-state index is 0.226. The first-order chi connectivity index (χ1) is 10.7. The monoisotopic (exact) mass is 294 g/mol. The first-order valence-corrected chi connectivity index (χ1v) is 7.41. The number of anilines is 1. The van der Waals surface area contributed by atoms with Crippen molar-refractivity contribution in [3.8, 4) is 0 Å². The van der Waals surface area contributed by atoms with E-state index in [4.69, 9.17) is 0 Å². The first kappa shape index (κ1) is 14.3. The maximum absolute atomic E-state index is 12.0. The van der Waals surface area contributed by atoms with Gasteiger partial charge in [-0.2, -0.15) is 0 Å². The highest BCUT2D eigenvalue weighted by Gasteiger charge is 2.32. The van der Waals surface area contributed by atoms with Gasteiger partial charge in [-0.15, -0.1) is 0 Å². The van der Waals surface area contributed by atoms with Crippen LogP contribution in [0.2, 0.25) is 0 Å². The molecule has 0 unspecified atom stereocenters. The van der Waals surface area contributed by atoms with E-state index < -0.39 is 0 Å². The van der Waals surface area contributed by atoms with E-state index in [-0.39, 0.29) is 11.8 Å². The lowest BCUT2D eigenvalue weighted by Crippen LogP contribution is -2.24. The fraction of sp³-hybridized carbons (Fsp3) is 0.222. The van der Waals surface area contributed by atoms with Crippen LogP contribution >= 0.6 is 0 Å². The molecule has 0 saturated carbocycles. The summed E-state index contributed by atoms with van der Waals surface area (Å²) in [6, 6.07) is 15.7. The van der Waals surface area contributed by atoms with E-state index >= 15 is 0 Å². The van der Waals surface area contributed by atoms with Crippen LogP contribution in [-0.4, -0.2) is 30.3 Å². The minimum Gasteiger partial charge on any atom is -0.385 e. The molecular weight excluding hydrogens is 276 g/mol. The molecule has 4 heteroatoms. The number of nitrogens with one attached hydrogen (secondary N) is 1. The van der Waals surface area contributed by atoms with Crippen LogP contribution in [0.1, 0.15) is 32.7 Å². The molecule has 2 aromatic carbocycles. The molecule has 0 atom stereocenters. The molecule has 4 nitrogen and oxygen atoms in total. The molecule has 0 saturated heterocycles. The van der Waals surface area contributed by atoms with Crippen molar-refractivity contribution in [2.24, 2.45) is 0 Å². The Morgan fingerprint density at radius 1 is 0.955 bits per heavy atom.